The van der Waals surface area contributed by atoms with E-state index in [0.717, 1.165) is 25.0 Å². The monoisotopic (exact) mass is 257 g/mol. The van der Waals surface area contributed by atoms with Gasteiger partial charge in [0.2, 0.25) is 0 Å². The Morgan fingerprint density at radius 3 is 2.42 bits per heavy atom. The average Bonchev–Trinajstić information content (AvgIpc) is 2.90. The number of hydrogen-bond acceptors (Lipinski definition) is 2. The summed E-state index contributed by atoms with van der Waals surface area (Å²) in [6, 6.07) is 12.9. The van der Waals surface area contributed by atoms with Gasteiger partial charge in [0.1, 0.15) is 5.76 Å². The number of aryl methyl sites for hydroxylation is 1. The second-order valence-electron chi connectivity index (χ2n) is 5.48. The van der Waals surface area contributed by atoms with Gasteiger partial charge in [-0.2, -0.15) is 0 Å². The molecule has 1 unspecified atom stereocenters. The predicted octanol–water partition coefficient (Wildman–Crippen LogP) is 3.91. The van der Waals surface area contributed by atoms with Crippen LogP contribution in [0.2, 0.25) is 0 Å². The lowest BCUT2D eigenvalue weighted by Crippen LogP contribution is -2.23. The number of benzene rings is 1. The zero-order chi connectivity index (χ0) is 13.7. The maximum Gasteiger partial charge on any atom is 0.103 e. The summed E-state index contributed by atoms with van der Waals surface area (Å²) in [5.74, 6) is 1.60. The number of rotatable bonds is 6. The summed E-state index contributed by atoms with van der Waals surface area (Å²) in [5, 5.41) is 0. The molecule has 0 bridgehead atoms. The van der Waals surface area contributed by atoms with Gasteiger partial charge in [-0.3, -0.25) is 0 Å². The molecule has 1 aromatic heterocycles. The Bertz CT molecular complexity index is 470. The van der Waals surface area contributed by atoms with Gasteiger partial charge >= 0.3 is 0 Å². The smallest absolute Gasteiger partial charge is 0.103 e. The molecular weight excluding hydrogens is 234 g/mol. The maximum absolute atomic E-state index is 6.18. The molecule has 2 nitrogen and oxygen atoms in total. The predicted molar refractivity (Wildman–Crippen MR) is 79.2 cm³/mol. The van der Waals surface area contributed by atoms with Gasteiger partial charge in [-0.1, -0.05) is 38.1 Å². The van der Waals surface area contributed by atoms with Crippen molar-refractivity contribution in [3.8, 4) is 0 Å². The highest BCUT2D eigenvalue weighted by Gasteiger charge is 2.06. The van der Waals surface area contributed by atoms with Crippen LogP contribution >= 0.6 is 0 Å². The Morgan fingerprint density at radius 2 is 1.84 bits per heavy atom. The van der Waals surface area contributed by atoms with Crippen LogP contribution in [-0.2, 0) is 12.8 Å². The van der Waals surface area contributed by atoms with Crippen molar-refractivity contribution in [2.75, 3.05) is 0 Å². The number of furan rings is 1. The molecule has 2 rings (SSSR count). The molecule has 0 radical (unpaired) electrons. The van der Waals surface area contributed by atoms with E-state index < -0.39 is 0 Å². The molecule has 19 heavy (non-hydrogen) atoms. The van der Waals surface area contributed by atoms with Gasteiger partial charge in [0.05, 0.1) is 6.26 Å². The molecule has 0 aliphatic rings. The van der Waals surface area contributed by atoms with Crippen molar-refractivity contribution in [2.45, 2.75) is 45.1 Å². The summed E-state index contributed by atoms with van der Waals surface area (Å²) in [4.78, 5) is 0. The van der Waals surface area contributed by atoms with Crippen LogP contribution in [0.25, 0.3) is 0 Å². The normalized spacial score (nSPS) is 12.8. The Labute approximate surface area is 115 Å². The van der Waals surface area contributed by atoms with Crippen LogP contribution in [0.4, 0.5) is 0 Å². The SMILES string of the molecule is CC(C)c1ccc(CC(N)CCc2ccco2)cc1. The van der Waals surface area contributed by atoms with Gasteiger partial charge < -0.3 is 10.2 Å². The minimum absolute atomic E-state index is 0.190. The molecule has 1 atom stereocenters. The lowest BCUT2D eigenvalue weighted by atomic mass is 9.98. The van der Waals surface area contributed by atoms with E-state index in [1.54, 1.807) is 6.26 Å². The maximum atomic E-state index is 6.18. The van der Waals surface area contributed by atoms with E-state index in [2.05, 4.69) is 38.1 Å². The van der Waals surface area contributed by atoms with Crippen molar-refractivity contribution in [3.63, 3.8) is 0 Å². The zero-order valence-corrected chi connectivity index (χ0v) is 11.8. The van der Waals surface area contributed by atoms with Crippen LogP contribution in [-0.4, -0.2) is 6.04 Å². The average molecular weight is 257 g/mol. The van der Waals surface area contributed by atoms with Crippen LogP contribution in [0, 0.1) is 0 Å². The highest BCUT2D eigenvalue weighted by Crippen LogP contribution is 2.16. The quantitative estimate of drug-likeness (QED) is 0.852. The molecule has 0 aliphatic carbocycles. The van der Waals surface area contributed by atoms with Crippen LogP contribution in [0.1, 0.15) is 43.1 Å². The molecule has 102 valence electrons. The third-order valence-corrected chi connectivity index (χ3v) is 3.49. The molecule has 0 saturated heterocycles. The van der Waals surface area contributed by atoms with Crippen molar-refractivity contribution in [2.24, 2.45) is 5.73 Å². The van der Waals surface area contributed by atoms with Gasteiger partial charge in [-0.15, -0.1) is 0 Å². The zero-order valence-electron chi connectivity index (χ0n) is 11.8. The minimum Gasteiger partial charge on any atom is -0.469 e. The molecule has 0 amide bonds. The molecule has 0 saturated carbocycles. The first-order chi connectivity index (χ1) is 9.15. The Hall–Kier alpha value is -1.54. The number of nitrogens with two attached hydrogens (primary N) is 1. The molecule has 1 aromatic carbocycles. The van der Waals surface area contributed by atoms with Crippen LogP contribution in [0.5, 0.6) is 0 Å². The van der Waals surface area contributed by atoms with E-state index >= 15 is 0 Å². The molecule has 2 aromatic rings. The fourth-order valence-corrected chi connectivity index (χ4v) is 2.23. The summed E-state index contributed by atoms with van der Waals surface area (Å²) in [6.45, 7) is 4.42. The van der Waals surface area contributed by atoms with E-state index in [9.17, 15) is 0 Å². The minimum atomic E-state index is 0.190. The summed E-state index contributed by atoms with van der Waals surface area (Å²) in [7, 11) is 0. The first kappa shape index (κ1) is 13.9. The van der Waals surface area contributed by atoms with Crippen LogP contribution < -0.4 is 5.73 Å². The summed E-state index contributed by atoms with van der Waals surface area (Å²) in [6.07, 6.45) is 4.52. The van der Waals surface area contributed by atoms with Crippen LogP contribution in [0.15, 0.2) is 47.1 Å². The fourth-order valence-electron chi connectivity index (χ4n) is 2.23. The van der Waals surface area contributed by atoms with Crippen molar-refractivity contribution in [1.82, 2.24) is 0 Å². The molecule has 1 heterocycles. The Morgan fingerprint density at radius 1 is 1.11 bits per heavy atom. The molecule has 2 N–H and O–H groups in total. The molecule has 0 fully saturated rings. The van der Waals surface area contributed by atoms with E-state index in [0.29, 0.717) is 5.92 Å². The standard InChI is InChI=1S/C17H23NO/c1-13(2)15-7-5-14(6-8-15)12-16(18)9-10-17-4-3-11-19-17/h3-8,11,13,16H,9-10,12,18H2,1-2H3. The molecule has 0 aliphatic heterocycles. The van der Waals surface area contributed by atoms with Crippen molar-refractivity contribution in [3.05, 3.63) is 59.5 Å². The number of hydrogen-bond donors (Lipinski definition) is 1. The van der Waals surface area contributed by atoms with E-state index in [1.807, 2.05) is 12.1 Å². The lowest BCUT2D eigenvalue weighted by molar-refractivity contribution is 0.484. The summed E-state index contributed by atoms with van der Waals surface area (Å²) < 4.78 is 5.32. The largest absolute Gasteiger partial charge is 0.469 e. The first-order valence-corrected chi connectivity index (χ1v) is 7.02. The highest BCUT2D eigenvalue weighted by atomic mass is 16.3. The second kappa shape index (κ2) is 6.58. The van der Waals surface area contributed by atoms with Gasteiger partial charge in [0.15, 0.2) is 0 Å². The fraction of sp³-hybridized carbons (Fsp3) is 0.412. The van der Waals surface area contributed by atoms with E-state index in [1.165, 1.54) is 11.1 Å². The lowest BCUT2D eigenvalue weighted by Gasteiger charge is -2.12. The van der Waals surface area contributed by atoms with Crippen molar-refractivity contribution in [1.29, 1.82) is 0 Å². The van der Waals surface area contributed by atoms with Gasteiger partial charge in [-0.05, 0) is 42.0 Å². The molecule has 0 spiro atoms. The Balaban J connectivity index is 1.82. The van der Waals surface area contributed by atoms with Gasteiger partial charge in [-0.25, -0.2) is 0 Å². The van der Waals surface area contributed by atoms with E-state index in [4.69, 9.17) is 10.2 Å². The Kier molecular flexibility index (Phi) is 4.80. The van der Waals surface area contributed by atoms with E-state index in [-0.39, 0.29) is 6.04 Å². The first-order valence-electron chi connectivity index (χ1n) is 7.02. The van der Waals surface area contributed by atoms with Crippen molar-refractivity contribution < 1.29 is 4.42 Å². The highest BCUT2D eigenvalue weighted by molar-refractivity contribution is 5.25. The second-order valence-corrected chi connectivity index (χ2v) is 5.48. The molecule has 2 heteroatoms. The van der Waals surface area contributed by atoms with Gasteiger partial charge in [0, 0.05) is 12.5 Å². The summed E-state index contributed by atoms with van der Waals surface area (Å²) >= 11 is 0. The summed E-state index contributed by atoms with van der Waals surface area (Å²) in [5.41, 5.74) is 8.88. The topological polar surface area (TPSA) is 39.2 Å². The third-order valence-electron chi connectivity index (χ3n) is 3.49. The van der Waals surface area contributed by atoms with Crippen LogP contribution in [0.3, 0.4) is 0 Å². The van der Waals surface area contributed by atoms with Gasteiger partial charge in [0.25, 0.3) is 0 Å². The third kappa shape index (κ3) is 4.25. The molecular formula is C17H23NO. The van der Waals surface area contributed by atoms with Crippen molar-refractivity contribution >= 4 is 0 Å².